The molecule has 0 aromatic heterocycles. The van der Waals surface area contributed by atoms with Gasteiger partial charge in [0.05, 0.1) is 6.54 Å². The summed E-state index contributed by atoms with van der Waals surface area (Å²) >= 11 is 0. The molecule has 0 bridgehead atoms. The molecular weight excluding hydrogens is 252 g/mol. The third-order valence-electron chi connectivity index (χ3n) is 3.45. The highest BCUT2D eigenvalue weighted by atomic mass is 19.3. The van der Waals surface area contributed by atoms with E-state index in [2.05, 4.69) is 0 Å². The lowest BCUT2D eigenvalue weighted by Crippen LogP contribution is -2.46. The molecule has 0 aromatic rings. The van der Waals surface area contributed by atoms with Crippen molar-refractivity contribution in [2.24, 2.45) is 17.6 Å². The molecule has 3 unspecified atom stereocenters. The Labute approximate surface area is 103 Å². The molecule has 1 saturated carbocycles. The van der Waals surface area contributed by atoms with Gasteiger partial charge in [-0.1, -0.05) is 6.92 Å². The van der Waals surface area contributed by atoms with Crippen molar-refractivity contribution in [2.75, 3.05) is 6.54 Å². The van der Waals surface area contributed by atoms with Crippen molar-refractivity contribution >= 4 is 5.91 Å². The molecule has 1 aliphatic carbocycles. The van der Waals surface area contributed by atoms with E-state index >= 15 is 0 Å². The Hall–Kier alpha value is -0.850. The summed E-state index contributed by atoms with van der Waals surface area (Å²) in [6, 6.07) is -0.148. The van der Waals surface area contributed by atoms with Gasteiger partial charge in [0.25, 0.3) is 0 Å². The van der Waals surface area contributed by atoms with Crippen LogP contribution in [0, 0.1) is 11.8 Å². The van der Waals surface area contributed by atoms with Gasteiger partial charge in [0.2, 0.25) is 5.91 Å². The van der Waals surface area contributed by atoms with Crippen LogP contribution in [0.2, 0.25) is 0 Å². The SMILES string of the molecule is CC1CCC(C(=O)NCC(F)(F)C(F)F)CC1N. The molecule has 3 nitrogen and oxygen atoms in total. The van der Waals surface area contributed by atoms with Crippen LogP contribution in [0.3, 0.4) is 0 Å². The lowest BCUT2D eigenvalue weighted by molar-refractivity contribution is -0.139. The topological polar surface area (TPSA) is 55.1 Å². The summed E-state index contributed by atoms with van der Waals surface area (Å²) in [5.74, 6) is -4.96. The molecule has 0 aromatic carbocycles. The second kappa shape index (κ2) is 5.86. The Bertz CT molecular complexity index is 299. The predicted molar refractivity (Wildman–Crippen MR) is 58.4 cm³/mol. The molecule has 7 heteroatoms. The van der Waals surface area contributed by atoms with Gasteiger partial charge in [0.15, 0.2) is 0 Å². The van der Waals surface area contributed by atoms with E-state index in [4.69, 9.17) is 5.73 Å². The molecular formula is C11H18F4N2O. The molecule has 3 N–H and O–H groups in total. The maximum atomic E-state index is 12.6. The molecule has 3 atom stereocenters. The number of nitrogens with one attached hydrogen (secondary N) is 1. The van der Waals surface area contributed by atoms with Crippen LogP contribution < -0.4 is 11.1 Å². The Balaban J connectivity index is 2.42. The fourth-order valence-corrected chi connectivity index (χ4v) is 2.02. The van der Waals surface area contributed by atoms with Crippen LogP contribution in [0.5, 0.6) is 0 Å². The van der Waals surface area contributed by atoms with Crippen molar-refractivity contribution in [2.45, 2.75) is 44.6 Å². The van der Waals surface area contributed by atoms with Crippen molar-refractivity contribution in [3.63, 3.8) is 0 Å². The average Bonchev–Trinajstić information content (AvgIpc) is 2.29. The van der Waals surface area contributed by atoms with Crippen molar-refractivity contribution in [1.82, 2.24) is 5.32 Å². The van der Waals surface area contributed by atoms with Gasteiger partial charge in [0.1, 0.15) is 0 Å². The number of carbonyl (C=O) groups excluding carboxylic acids is 1. The lowest BCUT2D eigenvalue weighted by Gasteiger charge is -2.31. The highest BCUT2D eigenvalue weighted by Crippen LogP contribution is 2.28. The Morgan fingerprint density at radius 1 is 1.44 bits per heavy atom. The predicted octanol–water partition coefficient (Wildman–Crippen LogP) is 1.77. The molecule has 0 radical (unpaired) electrons. The minimum absolute atomic E-state index is 0.148. The molecule has 106 valence electrons. The number of alkyl halides is 4. The van der Waals surface area contributed by atoms with Crippen LogP contribution in [-0.2, 0) is 4.79 Å². The fraction of sp³-hybridized carbons (Fsp3) is 0.909. The van der Waals surface area contributed by atoms with Gasteiger partial charge in [-0.2, -0.15) is 8.78 Å². The lowest BCUT2D eigenvalue weighted by atomic mass is 9.79. The average molecular weight is 270 g/mol. The summed E-state index contributed by atoms with van der Waals surface area (Å²) in [4.78, 5) is 11.6. The quantitative estimate of drug-likeness (QED) is 0.765. The zero-order chi connectivity index (χ0) is 13.9. The summed E-state index contributed by atoms with van der Waals surface area (Å²) in [6.07, 6.45) is -2.06. The van der Waals surface area contributed by atoms with Gasteiger partial charge >= 0.3 is 12.3 Å². The van der Waals surface area contributed by atoms with Crippen LogP contribution >= 0.6 is 0 Å². The zero-order valence-electron chi connectivity index (χ0n) is 10.1. The van der Waals surface area contributed by atoms with E-state index < -0.39 is 30.7 Å². The van der Waals surface area contributed by atoms with E-state index in [-0.39, 0.29) is 12.0 Å². The van der Waals surface area contributed by atoms with E-state index in [9.17, 15) is 22.4 Å². The fourth-order valence-electron chi connectivity index (χ4n) is 2.02. The Morgan fingerprint density at radius 2 is 2.06 bits per heavy atom. The van der Waals surface area contributed by atoms with Gasteiger partial charge in [-0.15, -0.1) is 0 Å². The monoisotopic (exact) mass is 270 g/mol. The first-order chi connectivity index (χ1) is 8.24. The summed E-state index contributed by atoms with van der Waals surface area (Å²) < 4.78 is 49.0. The largest absolute Gasteiger partial charge is 0.350 e. The molecule has 1 rings (SSSR count). The Kier molecular flexibility index (Phi) is 4.95. The number of halogens is 4. The van der Waals surface area contributed by atoms with Gasteiger partial charge in [-0.05, 0) is 25.2 Å². The highest BCUT2D eigenvalue weighted by Gasteiger charge is 2.41. The van der Waals surface area contributed by atoms with E-state index in [1.54, 1.807) is 0 Å². The first-order valence-electron chi connectivity index (χ1n) is 5.93. The number of rotatable bonds is 4. The van der Waals surface area contributed by atoms with Crippen LogP contribution in [-0.4, -0.2) is 30.8 Å². The number of amides is 1. The smallest absolute Gasteiger partial charge is 0.324 e. The van der Waals surface area contributed by atoms with Crippen LogP contribution in [0.4, 0.5) is 17.6 Å². The van der Waals surface area contributed by atoms with Crippen LogP contribution in [0.15, 0.2) is 0 Å². The number of hydrogen-bond donors (Lipinski definition) is 2. The van der Waals surface area contributed by atoms with Gasteiger partial charge in [-0.3, -0.25) is 4.79 Å². The van der Waals surface area contributed by atoms with Crippen molar-refractivity contribution in [3.8, 4) is 0 Å². The van der Waals surface area contributed by atoms with Gasteiger partial charge < -0.3 is 11.1 Å². The third kappa shape index (κ3) is 3.83. The minimum atomic E-state index is -4.18. The van der Waals surface area contributed by atoms with E-state index in [1.807, 2.05) is 12.2 Å². The molecule has 1 amide bonds. The van der Waals surface area contributed by atoms with Gasteiger partial charge in [0, 0.05) is 12.0 Å². The molecule has 0 heterocycles. The first-order valence-corrected chi connectivity index (χ1v) is 5.93. The minimum Gasteiger partial charge on any atom is -0.350 e. The molecule has 0 aliphatic heterocycles. The van der Waals surface area contributed by atoms with Crippen LogP contribution in [0.25, 0.3) is 0 Å². The normalized spacial score (nSPS) is 29.4. The zero-order valence-corrected chi connectivity index (χ0v) is 10.1. The maximum Gasteiger partial charge on any atom is 0.324 e. The number of nitrogens with two attached hydrogens (primary N) is 1. The van der Waals surface area contributed by atoms with Gasteiger partial charge in [-0.25, -0.2) is 8.78 Å². The molecule has 0 saturated heterocycles. The second-order valence-corrected chi connectivity index (χ2v) is 4.93. The number of hydrogen-bond acceptors (Lipinski definition) is 2. The van der Waals surface area contributed by atoms with Crippen molar-refractivity contribution in [3.05, 3.63) is 0 Å². The third-order valence-corrected chi connectivity index (χ3v) is 3.45. The number of carbonyl (C=O) groups is 1. The molecule has 18 heavy (non-hydrogen) atoms. The first kappa shape index (κ1) is 15.2. The summed E-state index contributed by atoms with van der Waals surface area (Å²) in [5.41, 5.74) is 5.79. The van der Waals surface area contributed by atoms with Crippen molar-refractivity contribution < 1.29 is 22.4 Å². The highest BCUT2D eigenvalue weighted by molar-refractivity contribution is 5.78. The standard InChI is InChI=1S/C11H18F4N2O/c1-6-2-3-7(4-8(6)16)9(18)17-5-11(14,15)10(12)13/h6-8,10H,2-5,16H2,1H3,(H,17,18). The second-order valence-electron chi connectivity index (χ2n) is 4.93. The Morgan fingerprint density at radius 3 is 2.56 bits per heavy atom. The van der Waals surface area contributed by atoms with E-state index in [1.165, 1.54) is 0 Å². The van der Waals surface area contributed by atoms with Crippen molar-refractivity contribution in [1.29, 1.82) is 0 Å². The summed E-state index contributed by atoms with van der Waals surface area (Å²) in [5, 5.41) is 1.88. The maximum absolute atomic E-state index is 12.6. The molecule has 1 aliphatic rings. The summed E-state index contributed by atoms with van der Waals surface area (Å²) in [6.45, 7) is 0.633. The molecule has 1 fully saturated rings. The summed E-state index contributed by atoms with van der Waals surface area (Å²) in [7, 11) is 0. The van der Waals surface area contributed by atoms with E-state index in [0.29, 0.717) is 12.8 Å². The van der Waals surface area contributed by atoms with E-state index in [0.717, 1.165) is 6.42 Å². The van der Waals surface area contributed by atoms with Crippen LogP contribution in [0.1, 0.15) is 26.2 Å². The molecule has 0 spiro atoms.